The normalized spacial score (nSPS) is 22.7. The van der Waals surface area contributed by atoms with Gasteiger partial charge < -0.3 is 10.1 Å². The van der Waals surface area contributed by atoms with Crippen LogP contribution >= 0.6 is 15.9 Å². The number of rotatable bonds is 4. The molecule has 0 fully saturated rings. The molecule has 2 nitrogen and oxygen atoms in total. The first kappa shape index (κ1) is 14.9. The van der Waals surface area contributed by atoms with E-state index in [-0.39, 0.29) is 0 Å². The third-order valence-electron chi connectivity index (χ3n) is 3.88. The Kier molecular flexibility index (Phi) is 5.28. The zero-order valence-electron chi connectivity index (χ0n) is 12.1. The number of benzene rings is 1. The van der Waals surface area contributed by atoms with E-state index in [4.69, 9.17) is 4.74 Å². The number of hydrogen-bond acceptors (Lipinski definition) is 2. The molecular formula is C16H24BrNO. The van der Waals surface area contributed by atoms with Crippen molar-refractivity contribution in [2.75, 3.05) is 13.2 Å². The SMILES string of the molecule is CCNC1CC(C)CCc2c(OCC)ccc(Br)c21. The average molecular weight is 326 g/mol. The minimum atomic E-state index is 0.437. The van der Waals surface area contributed by atoms with Crippen LogP contribution in [0.2, 0.25) is 0 Å². The molecular weight excluding hydrogens is 302 g/mol. The Morgan fingerprint density at radius 3 is 2.84 bits per heavy atom. The Balaban J connectivity index is 2.46. The van der Waals surface area contributed by atoms with E-state index in [9.17, 15) is 0 Å². The van der Waals surface area contributed by atoms with Gasteiger partial charge >= 0.3 is 0 Å². The number of nitrogens with one attached hydrogen (secondary N) is 1. The van der Waals surface area contributed by atoms with Crippen LogP contribution in [0.15, 0.2) is 16.6 Å². The van der Waals surface area contributed by atoms with Gasteiger partial charge in [0.25, 0.3) is 0 Å². The van der Waals surface area contributed by atoms with Gasteiger partial charge in [-0.1, -0.05) is 29.8 Å². The third kappa shape index (κ3) is 3.32. The summed E-state index contributed by atoms with van der Waals surface area (Å²) in [5, 5.41) is 3.64. The molecule has 1 aromatic carbocycles. The Labute approximate surface area is 125 Å². The second-order valence-electron chi connectivity index (χ2n) is 5.36. The van der Waals surface area contributed by atoms with Gasteiger partial charge in [0.1, 0.15) is 5.75 Å². The molecule has 1 N–H and O–H groups in total. The molecule has 2 unspecified atom stereocenters. The molecule has 2 rings (SSSR count). The van der Waals surface area contributed by atoms with E-state index in [0.717, 1.165) is 31.2 Å². The molecule has 3 heteroatoms. The Morgan fingerprint density at radius 1 is 1.37 bits per heavy atom. The van der Waals surface area contributed by atoms with Crippen LogP contribution in [0.4, 0.5) is 0 Å². The van der Waals surface area contributed by atoms with Gasteiger partial charge in [-0.05, 0) is 56.3 Å². The fraction of sp³-hybridized carbons (Fsp3) is 0.625. The average Bonchev–Trinajstić information content (AvgIpc) is 2.54. The maximum atomic E-state index is 5.83. The molecule has 0 amide bonds. The van der Waals surface area contributed by atoms with Crippen LogP contribution in [0.5, 0.6) is 5.75 Å². The zero-order chi connectivity index (χ0) is 13.8. The van der Waals surface area contributed by atoms with Gasteiger partial charge in [0, 0.05) is 16.1 Å². The Morgan fingerprint density at radius 2 is 2.16 bits per heavy atom. The number of halogens is 1. The molecule has 0 saturated heterocycles. The predicted molar refractivity (Wildman–Crippen MR) is 83.8 cm³/mol. The molecule has 0 radical (unpaired) electrons. The van der Waals surface area contributed by atoms with Crippen LogP contribution in [0.25, 0.3) is 0 Å². The van der Waals surface area contributed by atoms with E-state index in [1.165, 1.54) is 28.4 Å². The number of hydrogen-bond donors (Lipinski definition) is 1. The maximum Gasteiger partial charge on any atom is 0.122 e. The molecule has 19 heavy (non-hydrogen) atoms. The summed E-state index contributed by atoms with van der Waals surface area (Å²) in [5.74, 6) is 1.82. The summed E-state index contributed by atoms with van der Waals surface area (Å²) in [7, 11) is 0. The fourth-order valence-corrected chi connectivity index (χ4v) is 3.65. The Bertz CT molecular complexity index is 433. The zero-order valence-corrected chi connectivity index (χ0v) is 13.7. The van der Waals surface area contributed by atoms with Crippen molar-refractivity contribution in [2.24, 2.45) is 5.92 Å². The summed E-state index contributed by atoms with van der Waals surface area (Å²) in [5.41, 5.74) is 2.81. The van der Waals surface area contributed by atoms with Crippen LogP contribution in [0, 0.1) is 5.92 Å². The second kappa shape index (κ2) is 6.76. The second-order valence-corrected chi connectivity index (χ2v) is 6.21. The minimum absolute atomic E-state index is 0.437. The molecule has 0 bridgehead atoms. The molecule has 0 aliphatic heterocycles. The van der Waals surface area contributed by atoms with Crippen LogP contribution in [-0.4, -0.2) is 13.2 Å². The van der Waals surface area contributed by atoms with Gasteiger partial charge in [0.15, 0.2) is 0 Å². The molecule has 0 saturated carbocycles. The fourth-order valence-electron chi connectivity index (χ4n) is 3.00. The number of ether oxygens (including phenoxy) is 1. The summed E-state index contributed by atoms with van der Waals surface area (Å²) in [6.45, 7) is 8.31. The molecule has 106 valence electrons. The highest BCUT2D eigenvalue weighted by Crippen LogP contribution is 2.40. The van der Waals surface area contributed by atoms with Crippen molar-refractivity contribution in [1.29, 1.82) is 0 Å². The van der Waals surface area contributed by atoms with Crippen molar-refractivity contribution in [3.63, 3.8) is 0 Å². The van der Waals surface area contributed by atoms with Crippen molar-refractivity contribution >= 4 is 15.9 Å². The van der Waals surface area contributed by atoms with Gasteiger partial charge in [0.05, 0.1) is 6.61 Å². The summed E-state index contributed by atoms with van der Waals surface area (Å²) in [4.78, 5) is 0. The van der Waals surface area contributed by atoms with Crippen molar-refractivity contribution in [3.8, 4) is 5.75 Å². The lowest BCUT2D eigenvalue weighted by atomic mass is 9.96. The molecule has 0 spiro atoms. The van der Waals surface area contributed by atoms with E-state index in [0.29, 0.717) is 6.04 Å². The molecule has 1 aliphatic carbocycles. The van der Waals surface area contributed by atoms with Gasteiger partial charge in [-0.15, -0.1) is 0 Å². The smallest absolute Gasteiger partial charge is 0.122 e. The highest BCUT2D eigenvalue weighted by Gasteiger charge is 2.26. The Hall–Kier alpha value is -0.540. The summed E-state index contributed by atoms with van der Waals surface area (Å²) in [6, 6.07) is 4.67. The van der Waals surface area contributed by atoms with Crippen molar-refractivity contribution in [1.82, 2.24) is 5.32 Å². The van der Waals surface area contributed by atoms with E-state index in [2.05, 4.69) is 54.2 Å². The highest BCUT2D eigenvalue weighted by atomic mass is 79.9. The lowest BCUT2D eigenvalue weighted by Crippen LogP contribution is -2.23. The van der Waals surface area contributed by atoms with E-state index in [1.807, 2.05) is 0 Å². The van der Waals surface area contributed by atoms with Crippen LogP contribution in [0.3, 0.4) is 0 Å². The van der Waals surface area contributed by atoms with Gasteiger partial charge in [0.2, 0.25) is 0 Å². The maximum absolute atomic E-state index is 5.83. The third-order valence-corrected chi connectivity index (χ3v) is 4.58. The van der Waals surface area contributed by atoms with Crippen LogP contribution < -0.4 is 10.1 Å². The quantitative estimate of drug-likeness (QED) is 0.824. The monoisotopic (exact) mass is 325 g/mol. The summed E-state index contributed by atoms with van der Waals surface area (Å²) >= 11 is 3.74. The lowest BCUT2D eigenvalue weighted by Gasteiger charge is -2.23. The van der Waals surface area contributed by atoms with Gasteiger partial charge in [-0.25, -0.2) is 0 Å². The first-order valence-electron chi connectivity index (χ1n) is 7.34. The lowest BCUT2D eigenvalue weighted by molar-refractivity contribution is 0.335. The largest absolute Gasteiger partial charge is 0.494 e. The van der Waals surface area contributed by atoms with Crippen LogP contribution in [-0.2, 0) is 6.42 Å². The standard InChI is InChI=1S/C16H24BrNO/c1-4-18-14-10-11(3)6-7-12-15(19-5-2)9-8-13(17)16(12)14/h8-9,11,14,18H,4-7,10H2,1-3H3. The summed E-state index contributed by atoms with van der Waals surface area (Å²) < 4.78 is 7.04. The first-order valence-corrected chi connectivity index (χ1v) is 8.14. The topological polar surface area (TPSA) is 21.3 Å². The molecule has 1 aromatic rings. The molecule has 0 heterocycles. The van der Waals surface area contributed by atoms with Gasteiger partial charge in [-0.2, -0.15) is 0 Å². The molecule has 2 atom stereocenters. The van der Waals surface area contributed by atoms with Gasteiger partial charge in [-0.3, -0.25) is 0 Å². The van der Waals surface area contributed by atoms with E-state index in [1.54, 1.807) is 0 Å². The van der Waals surface area contributed by atoms with Crippen molar-refractivity contribution in [3.05, 3.63) is 27.7 Å². The van der Waals surface area contributed by atoms with E-state index < -0.39 is 0 Å². The van der Waals surface area contributed by atoms with Crippen molar-refractivity contribution < 1.29 is 4.74 Å². The minimum Gasteiger partial charge on any atom is -0.494 e. The molecule has 1 aliphatic rings. The van der Waals surface area contributed by atoms with Crippen LogP contribution in [0.1, 0.15) is 50.8 Å². The number of fused-ring (bicyclic) bond motifs is 1. The summed E-state index contributed by atoms with van der Waals surface area (Å²) in [6.07, 6.45) is 3.56. The van der Waals surface area contributed by atoms with E-state index >= 15 is 0 Å². The predicted octanol–water partition coefficient (Wildman–Crippen LogP) is 4.47. The first-order chi connectivity index (χ1) is 9.17. The highest BCUT2D eigenvalue weighted by molar-refractivity contribution is 9.10. The van der Waals surface area contributed by atoms with Crippen molar-refractivity contribution in [2.45, 2.75) is 46.1 Å². The molecule has 0 aromatic heterocycles.